The van der Waals surface area contributed by atoms with E-state index in [0.717, 1.165) is 0 Å². The Bertz CT molecular complexity index is 3550. The van der Waals surface area contributed by atoms with Crippen molar-refractivity contribution in [3.63, 3.8) is 0 Å². The van der Waals surface area contributed by atoms with Gasteiger partial charge >= 0.3 is 0 Å². The Labute approximate surface area is 348 Å². The number of hydrogen-bond donors (Lipinski definition) is 0. The fourth-order valence-electron chi connectivity index (χ4n) is 9.32. The Hall–Kier alpha value is -7.94. The molecular weight excluding hydrogens is 725 g/mol. The Morgan fingerprint density at radius 3 is 1.07 bits per heavy atom. The van der Waals surface area contributed by atoms with Gasteiger partial charge in [-0.05, 0) is 116 Å². The lowest BCUT2D eigenvalue weighted by Crippen LogP contribution is -1.93. The highest BCUT2D eigenvalue weighted by molar-refractivity contribution is 6.11. The van der Waals surface area contributed by atoms with Crippen LogP contribution in [0.1, 0.15) is 0 Å². The van der Waals surface area contributed by atoms with Gasteiger partial charge in [0.25, 0.3) is 0 Å². The third-order valence-corrected chi connectivity index (χ3v) is 12.3. The molecule has 60 heavy (non-hydrogen) atoms. The van der Waals surface area contributed by atoms with Crippen LogP contribution in [0.3, 0.4) is 0 Å². The van der Waals surface area contributed by atoms with Gasteiger partial charge in [-0.2, -0.15) is 0 Å². The summed E-state index contributed by atoms with van der Waals surface area (Å²) < 4.78 is 4.76. The van der Waals surface area contributed by atoms with Gasteiger partial charge in [0.2, 0.25) is 0 Å². The maximum atomic E-state index is 2.40. The molecule has 2 aromatic heterocycles. The van der Waals surface area contributed by atoms with Gasteiger partial charge in [0.1, 0.15) is 0 Å². The van der Waals surface area contributed by atoms with Crippen molar-refractivity contribution in [2.24, 2.45) is 0 Å². The first-order valence-electron chi connectivity index (χ1n) is 20.7. The number of fused-ring (bicyclic) bond motifs is 7. The SMILES string of the molecule is c1ccc(-n2c3ccccc3c3cc(-c4ccc(-c5ccc(-c6ccc(-c7ccc8c(c7)c7ccccc7n8-c7ccc8ccccc8c7)cc6)cc5)cc4)ccc32)cc1. The van der Waals surface area contributed by atoms with E-state index in [2.05, 4.69) is 240 Å². The second-order valence-electron chi connectivity index (χ2n) is 15.8. The molecule has 12 aromatic rings. The van der Waals surface area contributed by atoms with Gasteiger partial charge in [-0.15, -0.1) is 0 Å². The number of hydrogen-bond acceptors (Lipinski definition) is 0. The molecule has 12 rings (SSSR count). The molecular formula is C58H38N2. The van der Waals surface area contributed by atoms with Crippen molar-refractivity contribution in [3.8, 4) is 55.9 Å². The van der Waals surface area contributed by atoms with Gasteiger partial charge < -0.3 is 9.13 Å². The summed E-state index contributed by atoms with van der Waals surface area (Å²) in [5.74, 6) is 0. The van der Waals surface area contributed by atoms with E-state index in [1.165, 1.54) is 110 Å². The van der Waals surface area contributed by atoms with E-state index in [1.807, 2.05) is 0 Å². The zero-order valence-electron chi connectivity index (χ0n) is 32.8. The largest absolute Gasteiger partial charge is 0.309 e. The van der Waals surface area contributed by atoms with Crippen molar-refractivity contribution in [2.75, 3.05) is 0 Å². The topological polar surface area (TPSA) is 9.86 Å². The summed E-state index contributed by atoms with van der Waals surface area (Å²) in [5, 5.41) is 7.56. The fourth-order valence-corrected chi connectivity index (χ4v) is 9.32. The van der Waals surface area contributed by atoms with Crippen LogP contribution in [0.25, 0.3) is 110 Å². The second-order valence-corrected chi connectivity index (χ2v) is 15.8. The first-order valence-corrected chi connectivity index (χ1v) is 20.7. The minimum Gasteiger partial charge on any atom is -0.309 e. The third kappa shape index (κ3) is 5.65. The summed E-state index contributed by atoms with van der Waals surface area (Å²) in [6.45, 7) is 0. The van der Waals surface area contributed by atoms with Gasteiger partial charge in [-0.1, -0.05) is 170 Å². The number of benzene rings is 10. The number of aromatic nitrogens is 2. The molecule has 2 nitrogen and oxygen atoms in total. The van der Waals surface area contributed by atoms with Crippen LogP contribution < -0.4 is 0 Å². The molecule has 0 radical (unpaired) electrons. The molecule has 0 aliphatic carbocycles. The Morgan fingerprint density at radius 2 is 0.567 bits per heavy atom. The van der Waals surface area contributed by atoms with Crippen LogP contribution in [-0.2, 0) is 0 Å². The van der Waals surface area contributed by atoms with Crippen LogP contribution in [0.2, 0.25) is 0 Å². The van der Waals surface area contributed by atoms with Crippen molar-refractivity contribution >= 4 is 54.4 Å². The maximum absolute atomic E-state index is 2.40. The zero-order chi connectivity index (χ0) is 39.6. The van der Waals surface area contributed by atoms with Crippen LogP contribution in [0.5, 0.6) is 0 Å². The minimum atomic E-state index is 1.18. The molecule has 2 heteroatoms. The summed E-state index contributed by atoms with van der Waals surface area (Å²) in [4.78, 5) is 0. The van der Waals surface area contributed by atoms with Crippen molar-refractivity contribution in [1.29, 1.82) is 0 Å². The molecule has 2 heterocycles. The molecule has 0 atom stereocenters. The standard InChI is InChI=1S/C58H38N2/c1-2-12-49(13-3-1)59-55-16-8-6-14-51(55)53-37-47(31-34-57(53)59)44-26-22-42(23-27-44)40-18-20-41(21-19-40)43-24-28-45(29-25-43)48-32-35-58-54(38-48)52-15-7-9-17-56(52)60(58)50-33-30-39-10-4-5-11-46(39)36-50/h1-38H. The Kier molecular flexibility index (Phi) is 7.89. The van der Waals surface area contributed by atoms with Crippen LogP contribution >= 0.6 is 0 Å². The van der Waals surface area contributed by atoms with E-state index in [0.29, 0.717) is 0 Å². The van der Waals surface area contributed by atoms with Gasteiger partial charge in [-0.3, -0.25) is 0 Å². The van der Waals surface area contributed by atoms with E-state index >= 15 is 0 Å². The summed E-state index contributed by atoms with van der Waals surface area (Å²) in [6, 6.07) is 84.1. The highest BCUT2D eigenvalue weighted by Crippen LogP contribution is 2.38. The number of rotatable bonds is 6. The smallest absolute Gasteiger partial charge is 0.0541 e. The second kappa shape index (κ2) is 13.9. The van der Waals surface area contributed by atoms with Crippen LogP contribution in [0.4, 0.5) is 0 Å². The molecule has 0 saturated carbocycles. The molecule has 0 unspecified atom stereocenters. The van der Waals surface area contributed by atoms with E-state index in [4.69, 9.17) is 0 Å². The van der Waals surface area contributed by atoms with Gasteiger partial charge in [0.05, 0.1) is 22.1 Å². The predicted octanol–water partition coefficient (Wildman–Crippen LogP) is 15.7. The van der Waals surface area contributed by atoms with Crippen molar-refractivity contribution < 1.29 is 0 Å². The highest BCUT2D eigenvalue weighted by atomic mass is 15.0. The highest BCUT2D eigenvalue weighted by Gasteiger charge is 2.15. The molecule has 280 valence electrons. The Balaban J connectivity index is 0.804. The zero-order valence-corrected chi connectivity index (χ0v) is 32.8. The lowest BCUT2D eigenvalue weighted by atomic mass is 9.96. The van der Waals surface area contributed by atoms with E-state index in [9.17, 15) is 0 Å². The fraction of sp³-hybridized carbons (Fsp3) is 0. The first-order chi connectivity index (χ1) is 29.7. The maximum Gasteiger partial charge on any atom is 0.0541 e. The monoisotopic (exact) mass is 762 g/mol. The lowest BCUT2D eigenvalue weighted by molar-refractivity contribution is 1.18. The van der Waals surface area contributed by atoms with Crippen LogP contribution in [0.15, 0.2) is 231 Å². The molecule has 0 bridgehead atoms. The Morgan fingerprint density at radius 1 is 0.200 bits per heavy atom. The number of para-hydroxylation sites is 3. The molecule has 0 spiro atoms. The molecule has 10 aromatic carbocycles. The number of nitrogens with zero attached hydrogens (tertiary/aromatic N) is 2. The molecule has 0 aliphatic rings. The van der Waals surface area contributed by atoms with Crippen molar-refractivity contribution in [2.45, 2.75) is 0 Å². The van der Waals surface area contributed by atoms with Gasteiger partial charge in [0.15, 0.2) is 0 Å². The third-order valence-electron chi connectivity index (χ3n) is 12.3. The first kappa shape index (κ1) is 34.1. The molecule has 0 fully saturated rings. The van der Waals surface area contributed by atoms with Crippen molar-refractivity contribution in [1.82, 2.24) is 9.13 Å². The molecule has 0 saturated heterocycles. The summed E-state index contributed by atoms with van der Waals surface area (Å²) in [7, 11) is 0. The van der Waals surface area contributed by atoms with Gasteiger partial charge in [-0.25, -0.2) is 0 Å². The van der Waals surface area contributed by atoms with E-state index < -0.39 is 0 Å². The van der Waals surface area contributed by atoms with Crippen LogP contribution in [0, 0.1) is 0 Å². The van der Waals surface area contributed by atoms with Crippen molar-refractivity contribution in [3.05, 3.63) is 231 Å². The average Bonchev–Trinajstić information content (AvgIpc) is 3.84. The summed E-state index contributed by atoms with van der Waals surface area (Å²) in [6.07, 6.45) is 0. The molecule has 0 aliphatic heterocycles. The van der Waals surface area contributed by atoms with E-state index in [1.54, 1.807) is 0 Å². The molecule has 0 amide bonds. The van der Waals surface area contributed by atoms with E-state index in [-0.39, 0.29) is 0 Å². The van der Waals surface area contributed by atoms with Crippen LogP contribution in [-0.4, -0.2) is 9.13 Å². The predicted molar refractivity (Wildman–Crippen MR) is 254 cm³/mol. The van der Waals surface area contributed by atoms with Gasteiger partial charge in [0, 0.05) is 32.9 Å². The summed E-state index contributed by atoms with van der Waals surface area (Å²) in [5.41, 5.74) is 16.9. The normalized spacial score (nSPS) is 11.7. The average molecular weight is 763 g/mol. The summed E-state index contributed by atoms with van der Waals surface area (Å²) >= 11 is 0. The lowest BCUT2D eigenvalue weighted by Gasteiger charge is -2.10. The minimum absolute atomic E-state index is 1.18. The molecule has 0 N–H and O–H groups in total. The quantitative estimate of drug-likeness (QED) is 0.160.